The molecule has 0 unspecified atom stereocenters. The molecule has 0 saturated heterocycles. The number of carboxylic acid groups (broad SMARTS) is 1. The van der Waals surface area contributed by atoms with Crippen LogP contribution in [0.5, 0.6) is 0 Å². The first-order valence-electron chi connectivity index (χ1n) is 5.90. The summed E-state index contributed by atoms with van der Waals surface area (Å²) in [6.07, 6.45) is 6.94. The van der Waals surface area contributed by atoms with E-state index in [9.17, 15) is 9.59 Å². The number of nitrogens with zero attached hydrogens (tertiary/aromatic N) is 2. The molecule has 19 heavy (non-hydrogen) atoms. The smallest absolute Gasteiger partial charge is 0.325 e. The number of carboxylic acids is 1. The number of aromatic nitrogens is 2. The maximum Gasteiger partial charge on any atom is 0.325 e. The molecule has 0 atom stereocenters. The highest BCUT2D eigenvalue weighted by atomic mass is 32.2. The van der Waals surface area contributed by atoms with Crippen LogP contribution in [0.2, 0.25) is 0 Å². The van der Waals surface area contributed by atoms with Gasteiger partial charge in [0.25, 0.3) is 0 Å². The van der Waals surface area contributed by atoms with E-state index in [1.54, 1.807) is 11.8 Å². The van der Waals surface area contributed by atoms with Crippen molar-refractivity contribution in [1.82, 2.24) is 15.1 Å². The molecule has 0 fully saturated rings. The van der Waals surface area contributed by atoms with E-state index >= 15 is 0 Å². The topological polar surface area (TPSA) is 96.3 Å². The Hall–Kier alpha value is -1.70. The molecule has 2 amide bonds. The van der Waals surface area contributed by atoms with E-state index < -0.39 is 5.97 Å². The zero-order valence-corrected chi connectivity index (χ0v) is 11.6. The van der Waals surface area contributed by atoms with Crippen molar-refractivity contribution in [3.8, 4) is 0 Å². The van der Waals surface area contributed by atoms with E-state index in [2.05, 4.69) is 22.0 Å². The normalized spacial score (nSPS) is 10.2. The van der Waals surface area contributed by atoms with Crippen molar-refractivity contribution in [3.05, 3.63) is 12.4 Å². The minimum Gasteiger partial charge on any atom is -0.480 e. The zero-order valence-electron chi connectivity index (χ0n) is 10.8. The van der Waals surface area contributed by atoms with E-state index in [1.807, 2.05) is 0 Å². The Morgan fingerprint density at radius 2 is 2.26 bits per heavy atom. The highest BCUT2D eigenvalue weighted by Crippen LogP contribution is 2.04. The monoisotopic (exact) mass is 286 g/mol. The molecular formula is C11H18N4O3S. The SMILES string of the molecule is CSCCCCNC(=O)Nc1cnn(CC(=O)O)c1. The fourth-order valence-electron chi connectivity index (χ4n) is 1.40. The Morgan fingerprint density at radius 3 is 2.95 bits per heavy atom. The summed E-state index contributed by atoms with van der Waals surface area (Å²) >= 11 is 1.78. The lowest BCUT2D eigenvalue weighted by Crippen LogP contribution is -2.29. The number of carbonyl (C=O) groups excluding carboxylic acids is 1. The highest BCUT2D eigenvalue weighted by molar-refractivity contribution is 7.98. The number of nitrogens with one attached hydrogen (secondary N) is 2. The second kappa shape index (κ2) is 8.41. The molecular weight excluding hydrogens is 268 g/mol. The van der Waals surface area contributed by atoms with Crippen molar-refractivity contribution in [3.63, 3.8) is 0 Å². The summed E-state index contributed by atoms with van der Waals surface area (Å²) in [4.78, 5) is 22.0. The van der Waals surface area contributed by atoms with Gasteiger partial charge < -0.3 is 15.7 Å². The summed E-state index contributed by atoms with van der Waals surface area (Å²) in [6.45, 7) is 0.396. The second-order valence-corrected chi connectivity index (χ2v) is 4.89. The molecule has 0 saturated carbocycles. The molecule has 1 heterocycles. The quantitative estimate of drug-likeness (QED) is 0.625. The van der Waals surface area contributed by atoms with Crippen LogP contribution >= 0.6 is 11.8 Å². The van der Waals surface area contributed by atoms with Crippen LogP contribution in [0.4, 0.5) is 10.5 Å². The minimum absolute atomic E-state index is 0.224. The summed E-state index contributed by atoms with van der Waals surface area (Å²) < 4.78 is 1.25. The number of urea groups is 1. The van der Waals surface area contributed by atoms with E-state index in [0.717, 1.165) is 18.6 Å². The van der Waals surface area contributed by atoms with Gasteiger partial charge in [0.15, 0.2) is 0 Å². The standard InChI is InChI=1S/C11H18N4O3S/c1-19-5-3-2-4-12-11(18)14-9-6-13-15(7-9)8-10(16)17/h6-7H,2-5,8H2,1H3,(H,16,17)(H2,12,14,18). The van der Waals surface area contributed by atoms with Crippen LogP contribution < -0.4 is 10.6 Å². The van der Waals surface area contributed by atoms with Gasteiger partial charge >= 0.3 is 12.0 Å². The van der Waals surface area contributed by atoms with Crippen LogP contribution in [0.25, 0.3) is 0 Å². The van der Waals surface area contributed by atoms with Crippen LogP contribution in [0.15, 0.2) is 12.4 Å². The molecule has 106 valence electrons. The Morgan fingerprint density at radius 1 is 1.47 bits per heavy atom. The van der Waals surface area contributed by atoms with Crippen molar-refractivity contribution >= 4 is 29.4 Å². The minimum atomic E-state index is -0.979. The molecule has 0 aliphatic heterocycles. The maximum atomic E-state index is 11.5. The zero-order chi connectivity index (χ0) is 14.1. The van der Waals surface area contributed by atoms with Crippen molar-refractivity contribution in [2.75, 3.05) is 23.9 Å². The van der Waals surface area contributed by atoms with Gasteiger partial charge in [0, 0.05) is 12.7 Å². The van der Waals surface area contributed by atoms with Crippen LogP contribution in [0, 0.1) is 0 Å². The summed E-state index contributed by atoms with van der Waals surface area (Å²) in [5.41, 5.74) is 0.475. The number of amides is 2. The van der Waals surface area contributed by atoms with Gasteiger partial charge in [-0.25, -0.2) is 4.79 Å². The van der Waals surface area contributed by atoms with Gasteiger partial charge in [-0.05, 0) is 24.9 Å². The van der Waals surface area contributed by atoms with Crippen LogP contribution in [-0.4, -0.2) is 45.4 Å². The molecule has 0 aromatic carbocycles. The third kappa shape index (κ3) is 6.70. The number of anilines is 1. The Balaban J connectivity index is 2.24. The van der Waals surface area contributed by atoms with Gasteiger partial charge in [-0.3, -0.25) is 9.48 Å². The van der Waals surface area contributed by atoms with Crippen molar-refractivity contribution in [2.24, 2.45) is 0 Å². The van der Waals surface area contributed by atoms with Crippen molar-refractivity contribution < 1.29 is 14.7 Å². The Bertz CT molecular complexity index is 422. The molecule has 3 N–H and O–H groups in total. The fourth-order valence-corrected chi connectivity index (χ4v) is 1.89. The largest absolute Gasteiger partial charge is 0.480 e. The molecule has 1 aromatic heterocycles. The Labute approximate surface area is 115 Å². The van der Waals surface area contributed by atoms with E-state index in [0.29, 0.717) is 12.2 Å². The number of aliphatic carboxylic acids is 1. The van der Waals surface area contributed by atoms with Gasteiger partial charge in [0.1, 0.15) is 6.54 Å². The predicted molar refractivity (Wildman–Crippen MR) is 74.5 cm³/mol. The lowest BCUT2D eigenvalue weighted by Gasteiger charge is -2.05. The second-order valence-electron chi connectivity index (χ2n) is 3.90. The maximum absolute atomic E-state index is 11.5. The molecule has 1 rings (SSSR count). The van der Waals surface area contributed by atoms with E-state index in [-0.39, 0.29) is 12.6 Å². The average Bonchev–Trinajstić information content (AvgIpc) is 2.75. The summed E-state index contributed by atoms with van der Waals surface area (Å²) in [5, 5.41) is 17.7. The molecule has 0 radical (unpaired) electrons. The number of unbranched alkanes of at least 4 members (excludes halogenated alkanes) is 1. The first-order valence-corrected chi connectivity index (χ1v) is 7.29. The van der Waals surface area contributed by atoms with Gasteiger partial charge in [0.05, 0.1) is 11.9 Å². The molecule has 0 aliphatic rings. The third-order valence-corrected chi connectivity index (χ3v) is 2.95. The molecule has 8 heteroatoms. The lowest BCUT2D eigenvalue weighted by atomic mass is 10.3. The fraction of sp³-hybridized carbons (Fsp3) is 0.545. The van der Waals surface area contributed by atoms with Gasteiger partial charge in [-0.15, -0.1) is 0 Å². The molecule has 0 bridgehead atoms. The molecule has 1 aromatic rings. The van der Waals surface area contributed by atoms with E-state index in [4.69, 9.17) is 5.11 Å². The van der Waals surface area contributed by atoms with Crippen LogP contribution in [0.1, 0.15) is 12.8 Å². The number of hydrogen-bond acceptors (Lipinski definition) is 4. The lowest BCUT2D eigenvalue weighted by molar-refractivity contribution is -0.137. The predicted octanol–water partition coefficient (Wildman–Crippen LogP) is 1.23. The number of thioether (sulfide) groups is 1. The van der Waals surface area contributed by atoms with Crippen molar-refractivity contribution in [2.45, 2.75) is 19.4 Å². The molecule has 7 nitrogen and oxygen atoms in total. The van der Waals surface area contributed by atoms with Gasteiger partial charge in [-0.1, -0.05) is 0 Å². The number of carbonyl (C=O) groups is 2. The Kier molecular flexibility index (Phi) is 6.80. The van der Waals surface area contributed by atoms with Crippen molar-refractivity contribution in [1.29, 1.82) is 0 Å². The summed E-state index contributed by atoms with van der Waals surface area (Å²) in [7, 11) is 0. The van der Waals surface area contributed by atoms with Gasteiger partial charge in [-0.2, -0.15) is 16.9 Å². The summed E-state index contributed by atoms with van der Waals surface area (Å²) in [6, 6.07) is -0.306. The highest BCUT2D eigenvalue weighted by Gasteiger charge is 2.05. The van der Waals surface area contributed by atoms with Crippen LogP contribution in [0.3, 0.4) is 0 Å². The van der Waals surface area contributed by atoms with Gasteiger partial charge in [0.2, 0.25) is 0 Å². The summed E-state index contributed by atoms with van der Waals surface area (Å²) in [5.74, 6) is 0.110. The first-order chi connectivity index (χ1) is 9.11. The molecule has 0 aliphatic carbocycles. The third-order valence-electron chi connectivity index (χ3n) is 2.25. The number of rotatable bonds is 8. The first kappa shape index (κ1) is 15.4. The van der Waals surface area contributed by atoms with Crippen LogP contribution in [-0.2, 0) is 11.3 Å². The van der Waals surface area contributed by atoms with E-state index in [1.165, 1.54) is 17.1 Å². The molecule has 0 spiro atoms. The average molecular weight is 286 g/mol. The number of hydrogen-bond donors (Lipinski definition) is 3.